The lowest BCUT2D eigenvalue weighted by Crippen LogP contribution is -2.07. The average molecular weight is 450 g/mol. The van der Waals surface area contributed by atoms with Gasteiger partial charge in [-0.15, -0.1) is 0 Å². The molecule has 4 rings (SSSR count). The first-order chi connectivity index (χ1) is 16.4. The van der Waals surface area contributed by atoms with Gasteiger partial charge in [-0.05, 0) is 66.6 Å². The normalized spacial score (nSPS) is 10.4. The summed E-state index contributed by atoms with van der Waals surface area (Å²) in [5, 5.41) is 0. The minimum absolute atomic E-state index is 0.344. The van der Waals surface area contributed by atoms with Crippen LogP contribution in [0.3, 0.4) is 0 Å². The van der Waals surface area contributed by atoms with E-state index in [4.69, 9.17) is 13.9 Å². The summed E-state index contributed by atoms with van der Waals surface area (Å²) in [4.78, 5) is 23.0. The molecule has 4 aromatic rings. The van der Waals surface area contributed by atoms with Crippen molar-refractivity contribution in [3.63, 3.8) is 0 Å². The Hall–Kier alpha value is -4.64. The molecule has 0 atom stereocenters. The fourth-order valence-corrected chi connectivity index (χ4v) is 3.23. The Labute approximate surface area is 197 Å². The van der Waals surface area contributed by atoms with E-state index in [-0.39, 0.29) is 0 Å². The molecular weight excluding hydrogens is 428 g/mol. The van der Waals surface area contributed by atoms with Gasteiger partial charge < -0.3 is 13.9 Å². The molecule has 0 fully saturated rings. The van der Waals surface area contributed by atoms with Crippen LogP contribution in [0.4, 0.5) is 0 Å². The molecule has 1 heterocycles. The number of esters is 2. The van der Waals surface area contributed by atoms with Crippen LogP contribution in [0.15, 0.2) is 114 Å². The molecule has 0 spiro atoms. The van der Waals surface area contributed by atoms with E-state index in [0.29, 0.717) is 22.8 Å². The zero-order valence-electron chi connectivity index (χ0n) is 18.6. The van der Waals surface area contributed by atoms with E-state index in [1.54, 1.807) is 31.2 Å². The van der Waals surface area contributed by atoms with E-state index < -0.39 is 11.9 Å². The Balaban J connectivity index is 1.46. The molecule has 5 nitrogen and oxygen atoms in total. The van der Waals surface area contributed by atoms with Crippen molar-refractivity contribution in [3.8, 4) is 45.3 Å². The Morgan fingerprint density at radius 1 is 0.676 bits per heavy atom. The SMILES string of the molecule is C=CC(=O)Oc1ccc(-c2ccc(-c3ccc(-c4ccc(OC(=O)C(=C)C)cc4)o3)cc2)cc1. The summed E-state index contributed by atoms with van der Waals surface area (Å²) >= 11 is 0. The van der Waals surface area contributed by atoms with Crippen LogP contribution in [-0.2, 0) is 9.59 Å². The number of furan rings is 1. The average Bonchev–Trinajstić information content (AvgIpc) is 3.35. The zero-order chi connectivity index (χ0) is 24.1. The largest absolute Gasteiger partial charge is 0.456 e. The summed E-state index contributed by atoms with van der Waals surface area (Å²) in [7, 11) is 0. The Morgan fingerprint density at radius 2 is 1.09 bits per heavy atom. The van der Waals surface area contributed by atoms with Crippen molar-refractivity contribution >= 4 is 11.9 Å². The molecule has 0 saturated carbocycles. The van der Waals surface area contributed by atoms with E-state index in [0.717, 1.165) is 34.1 Å². The summed E-state index contributed by atoms with van der Waals surface area (Å²) < 4.78 is 16.4. The molecule has 1 aromatic heterocycles. The van der Waals surface area contributed by atoms with E-state index >= 15 is 0 Å². The van der Waals surface area contributed by atoms with Crippen molar-refractivity contribution < 1.29 is 23.5 Å². The molecule has 3 aromatic carbocycles. The lowest BCUT2D eigenvalue weighted by atomic mass is 10.0. The van der Waals surface area contributed by atoms with Crippen molar-refractivity contribution in [1.82, 2.24) is 0 Å². The van der Waals surface area contributed by atoms with Gasteiger partial charge in [-0.1, -0.05) is 49.6 Å². The summed E-state index contributed by atoms with van der Waals surface area (Å²) in [6, 6.07) is 26.2. The van der Waals surface area contributed by atoms with Crippen LogP contribution in [0, 0.1) is 0 Å². The van der Waals surface area contributed by atoms with E-state index in [2.05, 4.69) is 13.2 Å². The monoisotopic (exact) mass is 450 g/mol. The zero-order valence-corrected chi connectivity index (χ0v) is 18.6. The number of benzene rings is 3. The highest BCUT2D eigenvalue weighted by Crippen LogP contribution is 2.31. The van der Waals surface area contributed by atoms with Crippen LogP contribution in [-0.4, -0.2) is 11.9 Å². The molecule has 5 heteroatoms. The molecule has 0 radical (unpaired) electrons. The topological polar surface area (TPSA) is 65.7 Å². The Bertz CT molecular complexity index is 1340. The minimum atomic E-state index is -0.489. The van der Waals surface area contributed by atoms with Crippen LogP contribution >= 0.6 is 0 Å². The van der Waals surface area contributed by atoms with Gasteiger partial charge >= 0.3 is 11.9 Å². The summed E-state index contributed by atoms with van der Waals surface area (Å²) in [5.74, 6) is 1.43. The lowest BCUT2D eigenvalue weighted by Gasteiger charge is -2.06. The van der Waals surface area contributed by atoms with Gasteiger partial charge in [-0.25, -0.2) is 9.59 Å². The second kappa shape index (κ2) is 9.88. The molecule has 0 aliphatic heterocycles. The van der Waals surface area contributed by atoms with Gasteiger partial charge in [0.25, 0.3) is 0 Å². The number of hydrogen-bond donors (Lipinski definition) is 0. The molecule has 0 aliphatic carbocycles. The van der Waals surface area contributed by atoms with Gasteiger partial charge in [0.15, 0.2) is 0 Å². The van der Waals surface area contributed by atoms with Crippen LogP contribution < -0.4 is 9.47 Å². The molecule has 34 heavy (non-hydrogen) atoms. The standard InChI is InChI=1S/C29H22O5/c1-4-28(30)32-24-13-9-21(10-14-24)20-5-7-22(8-6-20)26-17-18-27(34-26)23-11-15-25(16-12-23)33-29(31)19(2)3/h4-18H,1-2H2,3H3. The van der Waals surface area contributed by atoms with Crippen molar-refractivity contribution in [2.75, 3.05) is 0 Å². The second-order valence-corrected chi connectivity index (χ2v) is 7.59. The Morgan fingerprint density at radius 3 is 1.56 bits per heavy atom. The van der Waals surface area contributed by atoms with Gasteiger partial charge in [0.2, 0.25) is 0 Å². The van der Waals surface area contributed by atoms with Crippen molar-refractivity contribution in [2.45, 2.75) is 6.92 Å². The highest BCUT2D eigenvalue weighted by Gasteiger charge is 2.10. The molecule has 0 saturated heterocycles. The predicted molar refractivity (Wildman–Crippen MR) is 131 cm³/mol. The summed E-state index contributed by atoms with van der Waals surface area (Å²) in [6.07, 6.45) is 1.13. The lowest BCUT2D eigenvalue weighted by molar-refractivity contribution is -0.130. The third-order valence-electron chi connectivity index (χ3n) is 5.05. The molecule has 0 aliphatic rings. The van der Waals surface area contributed by atoms with Gasteiger partial charge in [0.05, 0.1) is 0 Å². The smallest absolute Gasteiger partial charge is 0.338 e. The molecule has 168 valence electrons. The quantitative estimate of drug-likeness (QED) is 0.175. The third-order valence-corrected chi connectivity index (χ3v) is 5.05. The van der Waals surface area contributed by atoms with E-state index in [1.165, 1.54) is 0 Å². The van der Waals surface area contributed by atoms with Gasteiger partial charge in [-0.2, -0.15) is 0 Å². The highest BCUT2D eigenvalue weighted by molar-refractivity contribution is 5.88. The van der Waals surface area contributed by atoms with Crippen LogP contribution in [0.5, 0.6) is 11.5 Å². The van der Waals surface area contributed by atoms with Crippen LogP contribution in [0.2, 0.25) is 0 Å². The predicted octanol–water partition coefficient (Wildman–Crippen LogP) is 6.85. The van der Waals surface area contributed by atoms with E-state index in [9.17, 15) is 9.59 Å². The molecule has 0 N–H and O–H groups in total. The van der Waals surface area contributed by atoms with Gasteiger partial charge in [0.1, 0.15) is 23.0 Å². The van der Waals surface area contributed by atoms with Gasteiger partial charge in [0, 0.05) is 22.8 Å². The minimum Gasteiger partial charge on any atom is -0.456 e. The fraction of sp³-hybridized carbons (Fsp3) is 0.0345. The summed E-state index contributed by atoms with van der Waals surface area (Å²) in [5.41, 5.74) is 4.18. The van der Waals surface area contributed by atoms with E-state index in [1.807, 2.05) is 60.7 Å². The first kappa shape index (κ1) is 22.6. The number of carbonyl (C=O) groups is 2. The Kier molecular flexibility index (Phi) is 6.55. The number of hydrogen-bond acceptors (Lipinski definition) is 5. The molecular formula is C29H22O5. The maximum atomic E-state index is 11.6. The molecule has 0 amide bonds. The number of rotatable bonds is 7. The maximum absolute atomic E-state index is 11.6. The van der Waals surface area contributed by atoms with Crippen LogP contribution in [0.1, 0.15) is 6.92 Å². The second-order valence-electron chi connectivity index (χ2n) is 7.59. The third kappa shape index (κ3) is 5.22. The highest BCUT2D eigenvalue weighted by atomic mass is 16.5. The number of carbonyl (C=O) groups excluding carboxylic acids is 2. The van der Waals surface area contributed by atoms with Crippen molar-refractivity contribution in [3.05, 3.63) is 110 Å². The summed E-state index contributed by atoms with van der Waals surface area (Å²) in [6.45, 7) is 8.57. The fourth-order valence-electron chi connectivity index (χ4n) is 3.23. The first-order valence-electron chi connectivity index (χ1n) is 10.6. The molecule has 0 unspecified atom stereocenters. The van der Waals surface area contributed by atoms with Crippen molar-refractivity contribution in [2.24, 2.45) is 0 Å². The first-order valence-corrected chi connectivity index (χ1v) is 10.6. The number of ether oxygens (including phenoxy) is 2. The van der Waals surface area contributed by atoms with Gasteiger partial charge in [-0.3, -0.25) is 0 Å². The maximum Gasteiger partial charge on any atom is 0.338 e. The van der Waals surface area contributed by atoms with Crippen molar-refractivity contribution in [1.29, 1.82) is 0 Å². The van der Waals surface area contributed by atoms with Crippen LogP contribution in [0.25, 0.3) is 33.8 Å². The molecule has 0 bridgehead atoms.